The van der Waals surface area contributed by atoms with Crippen LogP contribution in [-0.4, -0.2) is 28.5 Å². The number of aromatic nitrogens is 2. The highest BCUT2D eigenvalue weighted by Gasteiger charge is 2.10. The van der Waals surface area contributed by atoms with Gasteiger partial charge in [0.1, 0.15) is 5.75 Å². The van der Waals surface area contributed by atoms with E-state index < -0.39 is 0 Å². The molecule has 172 valence electrons. The Hall–Kier alpha value is -4.46. The van der Waals surface area contributed by atoms with Gasteiger partial charge in [-0.15, -0.1) is 0 Å². The number of benzene rings is 3. The first-order valence-electron chi connectivity index (χ1n) is 10.7. The summed E-state index contributed by atoms with van der Waals surface area (Å²) in [6, 6.07) is 19.1. The zero-order chi connectivity index (χ0) is 24.1. The highest BCUT2D eigenvalue weighted by Crippen LogP contribution is 2.17. The molecule has 8 nitrogen and oxygen atoms in total. The third-order valence-corrected chi connectivity index (χ3v) is 5.41. The molecule has 34 heavy (non-hydrogen) atoms. The molecule has 0 atom stereocenters. The maximum absolute atomic E-state index is 12.7. The molecule has 0 saturated carbocycles. The molecule has 0 fully saturated rings. The predicted molar refractivity (Wildman–Crippen MR) is 131 cm³/mol. The second kappa shape index (κ2) is 9.99. The Kier molecular flexibility index (Phi) is 6.68. The SMILES string of the molecule is COc1ccc(NC(=O)c2ccc(NC(=O)CCn3cnc4c(C)cccc4c3=O)cc2)cc1. The van der Waals surface area contributed by atoms with Gasteiger partial charge < -0.3 is 15.4 Å². The molecule has 2 amide bonds. The van der Waals surface area contributed by atoms with E-state index >= 15 is 0 Å². The van der Waals surface area contributed by atoms with Gasteiger partial charge in [0.25, 0.3) is 11.5 Å². The number of ether oxygens (including phenoxy) is 1. The normalized spacial score (nSPS) is 10.6. The first kappa shape index (κ1) is 22.7. The second-order valence-electron chi connectivity index (χ2n) is 7.77. The van der Waals surface area contributed by atoms with Crippen molar-refractivity contribution in [2.75, 3.05) is 17.7 Å². The molecule has 4 rings (SSSR count). The Bertz CT molecular complexity index is 1390. The van der Waals surface area contributed by atoms with Gasteiger partial charge in [0.2, 0.25) is 5.91 Å². The van der Waals surface area contributed by atoms with Crippen molar-refractivity contribution in [2.45, 2.75) is 19.9 Å². The largest absolute Gasteiger partial charge is 0.497 e. The summed E-state index contributed by atoms with van der Waals surface area (Å²) in [6.45, 7) is 2.12. The van der Waals surface area contributed by atoms with Crippen molar-refractivity contribution < 1.29 is 14.3 Å². The van der Waals surface area contributed by atoms with Crippen molar-refractivity contribution in [1.82, 2.24) is 9.55 Å². The zero-order valence-corrected chi connectivity index (χ0v) is 18.9. The third-order valence-electron chi connectivity index (χ3n) is 5.41. The second-order valence-corrected chi connectivity index (χ2v) is 7.77. The number of anilines is 2. The van der Waals surface area contributed by atoms with E-state index in [0.29, 0.717) is 33.6 Å². The van der Waals surface area contributed by atoms with Crippen LogP contribution in [0.5, 0.6) is 5.75 Å². The number of amides is 2. The number of methoxy groups -OCH3 is 1. The predicted octanol–water partition coefficient (Wildman–Crippen LogP) is 3.99. The molecule has 0 aliphatic carbocycles. The Morgan fingerprint density at radius 3 is 2.32 bits per heavy atom. The van der Waals surface area contributed by atoms with Crippen LogP contribution in [0.2, 0.25) is 0 Å². The van der Waals surface area contributed by atoms with E-state index in [1.807, 2.05) is 19.1 Å². The molecular weight excluding hydrogens is 432 g/mol. The van der Waals surface area contributed by atoms with Crippen molar-refractivity contribution in [3.63, 3.8) is 0 Å². The Morgan fingerprint density at radius 2 is 1.62 bits per heavy atom. The summed E-state index contributed by atoms with van der Waals surface area (Å²) in [6.07, 6.45) is 1.58. The number of nitrogens with zero attached hydrogens (tertiary/aromatic N) is 2. The highest BCUT2D eigenvalue weighted by molar-refractivity contribution is 6.04. The summed E-state index contributed by atoms with van der Waals surface area (Å²) in [5.41, 5.74) is 3.10. The van der Waals surface area contributed by atoms with Crippen molar-refractivity contribution in [3.05, 3.63) is 94.5 Å². The van der Waals surface area contributed by atoms with Crippen LogP contribution in [0, 0.1) is 6.92 Å². The first-order chi connectivity index (χ1) is 16.4. The van der Waals surface area contributed by atoms with E-state index in [0.717, 1.165) is 5.56 Å². The Morgan fingerprint density at radius 1 is 0.941 bits per heavy atom. The van der Waals surface area contributed by atoms with Crippen molar-refractivity contribution in [2.24, 2.45) is 0 Å². The minimum Gasteiger partial charge on any atom is -0.497 e. The minimum absolute atomic E-state index is 0.110. The smallest absolute Gasteiger partial charge is 0.261 e. The summed E-state index contributed by atoms with van der Waals surface area (Å²) < 4.78 is 6.54. The maximum atomic E-state index is 12.7. The summed E-state index contributed by atoms with van der Waals surface area (Å²) in [5.74, 6) is 0.197. The minimum atomic E-state index is -0.263. The molecule has 0 aliphatic rings. The van der Waals surface area contributed by atoms with Crippen LogP contribution in [0.1, 0.15) is 22.3 Å². The molecule has 8 heteroatoms. The maximum Gasteiger partial charge on any atom is 0.261 e. The van der Waals surface area contributed by atoms with Gasteiger partial charge in [-0.2, -0.15) is 0 Å². The molecule has 0 unspecified atom stereocenters. The average molecular weight is 457 g/mol. The van der Waals surface area contributed by atoms with E-state index in [9.17, 15) is 14.4 Å². The van der Waals surface area contributed by atoms with Crippen LogP contribution in [0.4, 0.5) is 11.4 Å². The summed E-state index contributed by atoms with van der Waals surface area (Å²) in [4.78, 5) is 41.8. The molecule has 2 N–H and O–H groups in total. The molecule has 4 aromatic rings. The number of aryl methyl sites for hydroxylation is 2. The lowest BCUT2D eigenvalue weighted by atomic mass is 10.1. The first-order valence-corrected chi connectivity index (χ1v) is 10.7. The van der Waals surface area contributed by atoms with E-state index in [4.69, 9.17) is 4.74 Å². The third kappa shape index (κ3) is 5.12. The van der Waals surface area contributed by atoms with E-state index in [-0.39, 0.29) is 30.3 Å². The van der Waals surface area contributed by atoms with Gasteiger partial charge in [-0.25, -0.2) is 4.98 Å². The highest BCUT2D eigenvalue weighted by atomic mass is 16.5. The Labute approximate surface area is 196 Å². The fraction of sp³-hybridized carbons (Fsp3) is 0.154. The van der Waals surface area contributed by atoms with Gasteiger partial charge in [0.15, 0.2) is 0 Å². The lowest BCUT2D eigenvalue weighted by Gasteiger charge is -2.09. The summed E-state index contributed by atoms with van der Waals surface area (Å²) >= 11 is 0. The summed E-state index contributed by atoms with van der Waals surface area (Å²) in [5, 5.41) is 6.13. The number of carbonyl (C=O) groups excluding carboxylic acids is 2. The van der Waals surface area contributed by atoms with Crippen LogP contribution in [-0.2, 0) is 11.3 Å². The fourth-order valence-electron chi connectivity index (χ4n) is 3.52. The fourth-order valence-corrected chi connectivity index (χ4v) is 3.52. The lowest BCUT2D eigenvalue weighted by Crippen LogP contribution is -2.23. The van der Waals surface area contributed by atoms with Gasteiger partial charge in [0.05, 0.1) is 24.3 Å². The number of hydrogen-bond acceptors (Lipinski definition) is 5. The molecule has 0 spiro atoms. The lowest BCUT2D eigenvalue weighted by molar-refractivity contribution is -0.116. The monoisotopic (exact) mass is 456 g/mol. The van der Waals surface area contributed by atoms with Crippen LogP contribution in [0.15, 0.2) is 77.9 Å². The molecule has 0 bridgehead atoms. The Balaban J connectivity index is 1.34. The number of fused-ring (bicyclic) bond motifs is 1. The van der Waals surface area contributed by atoms with Crippen LogP contribution >= 0.6 is 0 Å². The van der Waals surface area contributed by atoms with Gasteiger partial charge in [-0.1, -0.05) is 12.1 Å². The van der Waals surface area contributed by atoms with Crippen molar-refractivity contribution in [3.8, 4) is 5.75 Å². The van der Waals surface area contributed by atoms with Crippen LogP contribution in [0.3, 0.4) is 0 Å². The topological polar surface area (TPSA) is 102 Å². The summed E-state index contributed by atoms with van der Waals surface area (Å²) in [7, 11) is 1.58. The quantitative estimate of drug-likeness (QED) is 0.438. The standard InChI is InChI=1S/C26H24N4O4/c1-17-4-3-5-22-24(17)27-16-30(26(22)33)15-14-23(31)28-19-8-6-18(7-9-19)25(32)29-20-10-12-21(34-2)13-11-20/h3-13,16H,14-15H2,1-2H3,(H,28,31)(H,29,32). The zero-order valence-electron chi connectivity index (χ0n) is 18.9. The molecule has 3 aromatic carbocycles. The molecule has 0 saturated heterocycles. The van der Waals surface area contributed by atoms with Crippen molar-refractivity contribution in [1.29, 1.82) is 0 Å². The van der Waals surface area contributed by atoms with Gasteiger partial charge in [0, 0.05) is 29.9 Å². The average Bonchev–Trinajstić information content (AvgIpc) is 2.85. The van der Waals surface area contributed by atoms with Gasteiger partial charge in [-0.05, 0) is 67.1 Å². The van der Waals surface area contributed by atoms with Gasteiger partial charge >= 0.3 is 0 Å². The van der Waals surface area contributed by atoms with E-state index in [1.165, 1.54) is 10.9 Å². The molecule has 0 aliphatic heterocycles. The molecule has 1 aromatic heterocycles. The van der Waals surface area contributed by atoms with E-state index in [1.54, 1.807) is 61.7 Å². The van der Waals surface area contributed by atoms with Crippen LogP contribution in [0.25, 0.3) is 10.9 Å². The van der Waals surface area contributed by atoms with Crippen molar-refractivity contribution >= 4 is 34.1 Å². The molecular formula is C26H24N4O4. The van der Waals surface area contributed by atoms with Gasteiger partial charge in [-0.3, -0.25) is 19.0 Å². The molecule has 1 heterocycles. The number of carbonyl (C=O) groups is 2. The molecule has 0 radical (unpaired) electrons. The van der Waals surface area contributed by atoms with E-state index in [2.05, 4.69) is 15.6 Å². The number of nitrogens with one attached hydrogen (secondary N) is 2. The van der Waals surface area contributed by atoms with Crippen LogP contribution < -0.4 is 20.9 Å². The number of hydrogen-bond donors (Lipinski definition) is 2. The number of para-hydroxylation sites is 1. The number of rotatable bonds is 7.